The lowest BCUT2D eigenvalue weighted by molar-refractivity contribution is -0.121. The summed E-state index contributed by atoms with van der Waals surface area (Å²) in [5.74, 6) is -0.164. The fraction of sp³-hybridized carbons (Fsp3) is 0.429. The van der Waals surface area contributed by atoms with Crippen LogP contribution >= 0.6 is 0 Å². The van der Waals surface area contributed by atoms with Crippen molar-refractivity contribution >= 4 is 33.2 Å². The van der Waals surface area contributed by atoms with Crippen LogP contribution in [0.5, 0.6) is 0 Å². The Morgan fingerprint density at radius 1 is 1.13 bits per heavy atom. The molecule has 1 saturated carbocycles. The minimum absolute atomic E-state index is 0.124. The quantitative estimate of drug-likeness (QED) is 0.750. The highest BCUT2D eigenvalue weighted by Gasteiger charge is 2.47. The molecule has 8 nitrogen and oxygen atoms in total. The third-order valence-corrected chi connectivity index (χ3v) is 7.29. The van der Waals surface area contributed by atoms with E-state index in [0.717, 1.165) is 24.1 Å². The molecule has 2 aliphatic rings. The molecule has 1 aliphatic carbocycles. The molecule has 9 heteroatoms. The largest absolute Gasteiger partial charge is 0.309 e. The monoisotopic (exact) mass is 428 g/mol. The summed E-state index contributed by atoms with van der Waals surface area (Å²) in [5.41, 5.74) is 1.81. The van der Waals surface area contributed by atoms with Crippen molar-refractivity contribution in [3.63, 3.8) is 0 Å². The van der Waals surface area contributed by atoms with E-state index in [1.165, 1.54) is 29.9 Å². The van der Waals surface area contributed by atoms with E-state index in [2.05, 4.69) is 15.3 Å². The molecule has 1 N–H and O–H groups in total. The highest BCUT2D eigenvalue weighted by atomic mass is 32.2. The van der Waals surface area contributed by atoms with Crippen LogP contribution in [-0.4, -0.2) is 42.9 Å². The lowest BCUT2D eigenvalue weighted by Crippen LogP contribution is -2.40. The molecular formula is C21H24N4O4S. The number of amides is 1. The van der Waals surface area contributed by atoms with E-state index in [4.69, 9.17) is 0 Å². The van der Waals surface area contributed by atoms with Crippen molar-refractivity contribution in [1.82, 2.24) is 9.97 Å². The molecule has 158 valence electrons. The van der Waals surface area contributed by atoms with E-state index >= 15 is 0 Å². The zero-order chi connectivity index (χ0) is 21.5. The van der Waals surface area contributed by atoms with Crippen molar-refractivity contribution < 1.29 is 18.0 Å². The molecule has 0 bridgehead atoms. The smallest absolute Gasteiger partial charge is 0.232 e. The second kappa shape index (κ2) is 7.46. The first-order valence-corrected chi connectivity index (χ1v) is 11.8. The Hall–Kier alpha value is -2.81. The fourth-order valence-electron chi connectivity index (χ4n) is 4.54. The van der Waals surface area contributed by atoms with E-state index in [1.54, 1.807) is 0 Å². The summed E-state index contributed by atoms with van der Waals surface area (Å²) < 4.78 is 26.1. The lowest BCUT2D eigenvalue weighted by Gasteiger charge is -2.37. The number of ketones is 1. The molecule has 0 atom stereocenters. The molecule has 1 aromatic heterocycles. The van der Waals surface area contributed by atoms with Crippen LogP contribution in [-0.2, 0) is 20.2 Å². The second-order valence-corrected chi connectivity index (χ2v) is 10.1. The molecule has 2 heterocycles. The molecule has 0 saturated heterocycles. The van der Waals surface area contributed by atoms with Crippen LogP contribution in [0.15, 0.2) is 36.7 Å². The third-order valence-electron chi connectivity index (χ3n) is 6.17. The number of Topliss-reactive ketones (excluding diaryl/α,β-unsaturated/α-hetero) is 1. The first-order chi connectivity index (χ1) is 14.2. The van der Waals surface area contributed by atoms with Gasteiger partial charge in [0.05, 0.1) is 24.3 Å². The summed E-state index contributed by atoms with van der Waals surface area (Å²) >= 11 is 0. The molecule has 0 unspecified atom stereocenters. The SMILES string of the molecule is CC(=O)c1cnc(NC(=O)[C@H]2CC[C@]3(CC2)CN(S(C)(=O)=O)c2ccccc23)cn1. The van der Waals surface area contributed by atoms with Gasteiger partial charge in [-0.1, -0.05) is 18.2 Å². The Kier molecular flexibility index (Phi) is 5.09. The van der Waals surface area contributed by atoms with Crippen molar-refractivity contribution in [1.29, 1.82) is 0 Å². The zero-order valence-electron chi connectivity index (χ0n) is 17.0. The van der Waals surface area contributed by atoms with Gasteiger partial charge in [-0.05, 0) is 37.3 Å². The molecule has 1 aromatic carbocycles. The fourth-order valence-corrected chi connectivity index (χ4v) is 5.54. The van der Waals surface area contributed by atoms with Crippen molar-refractivity contribution in [2.45, 2.75) is 38.0 Å². The Morgan fingerprint density at radius 2 is 1.83 bits per heavy atom. The maximum atomic E-state index is 12.7. The number of sulfonamides is 1. The number of hydrogen-bond acceptors (Lipinski definition) is 6. The van der Waals surface area contributed by atoms with Gasteiger partial charge in [-0.2, -0.15) is 0 Å². The second-order valence-electron chi connectivity index (χ2n) is 8.17. The van der Waals surface area contributed by atoms with Gasteiger partial charge in [0.1, 0.15) is 5.69 Å². The van der Waals surface area contributed by atoms with Gasteiger partial charge in [-0.25, -0.2) is 18.4 Å². The molecule has 1 fully saturated rings. The maximum absolute atomic E-state index is 12.7. The zero-order valence-corrected chi connectivity index (χ0v) is 17.8. The number of nitrogens with zero attached hydrogens (tertiary/aromatic N) is 3. The van der Waals surface area contributed by atoms with Crippen LogP contribution in [0.4, 0.5) is 11.5 Å². The third kappa shape index (κ3) is 3.69. The number of benzene rings is 1. The van der Waals surface area contributed by atoms with Crippen molar-refractivity contribution in [2.24, 2.45) is 5.92 Å². The summed E-state index contributed by atoms with van der Waals surface area (Å²) in [6.45, 7) is 1.84. The van der Waals surface area contributed by atoms with Gasteiger partial charge < -0.3 is 5.32 Å². The summed E-state index contributed by atoms with van der Waals surface area (Å²) in [6.07, 6.45) is 6.78. The average molecular weight is 429 g/mol. The minimum Gasteiger partial charge on any atom is -0.309 e. The van der Waals surface area contributed by atoms with Gasteiger partial charge in [0, 0.05) is 24.8 Å². The minimum atomic E-state index is -3.36. The topological polar surface area (TPSA) is 109 Å². The van der Waals surface area contributed by atoms with Crippen molar-refractivity contribution in [3.05, 3.63) is 47.9 Å². The molecule has 1 amide bonds. The van der Waals surface area contributed by atoms with Gasteiger partial charge in [-0.3, -0.25) is 13.9 Å². The Balaban J connectivity index is 1.46. The van der Waals surface area contributed by atoms with Crippen LogP contribution in [0.3, 0.4) is 0 Å². The van der Waals surface area contributed by atoms with E-state index in [9.17, 15) is 18.0 Å². The van der Waals surface area contributed by atoms with Gasteiger partial charge >= 0.3 is 0 Å². The van der Waals surface area contributed by atoms with Crippen LogP contribution < -0.4 is 9.62 Å². The number of hydrogen-bond donors (Lipinski definition) is 1. The summed E-state index contributed by atoms with van der Waals surface area (Å²) in [7, 11) is -3.36. The number of rotatable bonds is 4. The Labute approximate surface area is 175 Å². The van der Waals surface area contributed by atoms with Crippen LogP contribution in [0.1, 0.15) is 48.7 Å². The molecule has 1 spiro atoms. The maximum Gasteiger partial charge on any atom is 0.232 e. The summed E-state index contributed by atoms with van der Waals surface area (Å²) in [4.78, 5) is 32.1. The molecule has 30 heavy (non-hydrogen) atoms. The number of carbonyl (C=O) groups is 2. The molecule has 1 aliphatic heterocycles. The average Bonchev–Trinajstić information content (AvgIpc) is 3.04. The Bertz CT molecular complexity index is 1090. The molecule has 4 rings (SSSR count). The highest BCUT2D eigenvalue weighted by molar-refractivity contribution is 7.92. The molecule has 0 radical (unpaired) electrons. The first-order valence-electron chi connectivity index (χ1n) is 9.91. The highest BCUT2D eigenvalue weighted by Crippen LogP contribution is 2.50. The van der Waals surface area contributed by atoms with E-state index in [1.807, 2.05) is 24.3 Å². The number of fused-ring (bicyclic) bond motifs is 2. The van der Waals surface area contributed by atoms with E-state index in [0.29, 0.717) is 25.2 Å². The number of nitrogens with one attached hydrogen (secondary N) is 1. The number of anilines is 2. The molecular weight excluding hydrogens is 404 g/mol. The summed E-state index contributed by atoms with van der Waals surface area (Å²) in [5, 5.41) is 2.78. The predicted octanol–water partition coefficient (Wildman–Crippen LogP) is 2.53. The number of para-hydroxylation sites is 1. The van der Waals surface area contributed by atoms with Gasteiger partial charge in [-0.15, -0.1) is 0 Å². The number of carbonyl (C=O) groups excluding carboxylic acids is 2. The normalized spacial score (nSPS) is 23.3. The van der Waals surface area contributed by atoms with E-state index < -0.39 is 10.0 Å². The van der Waals surface area contributed by atoms with E-state index in [-0.39, 0.29) is 28.7 Å². The van der Waals surface area contributed by atoms with Crippen LogP contribution in [0, 0.1) is 5.92 Å². The molecule has 2 aromatic rings. The lowest BCUT2D eigenvalue weighted by atomic mass is 9.67. The van der Waals surface area contributed by atoms with Crippen LogP contribution in [0.2, 0.25) is 0 Å². The summed E-state index contributed by atoms with van der Waals surface area (Å²) in [6, 6.07) is 7.66. The number of aromatic nitrogens is 2. The first kappa shape index (κ1) is 20.5. The van der Waals surface area contributed by atoms with Crippen molar-refractivity contribution in [2.75, 3.05) is 22.4 Å². The van der Waals surface area contributed by atoms with Gasteiger partial charge in [0.25, 0.3) is 0 Å². The Morgan fingerprint density at radius 3 is 2.43 bits per heavy atom. The predicted molar refractivity (Wildman–Crippen MR) is 113 cm³/mol. The van der Waals surface area contributed by atoms with Crippen LogP contribution in [0.25, 0.3) is 0 Å². The van der Waals surface area contributed by atoms with Gasteiger partial charge in [0.15, 0.2) is 11.6 Å². The standard InChI is InChI=1S/C21H24N4O4S/c1-14(26)17-11-23-19(12-22-17)24-20(27)15-7-9-21(10-8-15)13-25(30(2,28)29)18-6-4-3-5-16(18)21/h3-6,11-12,15H,7-10,13H2,1-2H3,(H,23,24,27)/t15-,21-. The van der Waals surface area contributed by atoms with Gasteiger partial charge in [0.2, 0.25) is 15.9 Å². The van der Waals surface area contributed by atoms with Crippen molar-refractivity contribution in [3.8, 4) is 0 Å².